The van der Waals surface area contributed by atoms with Crippen LogP contribution in [-0.2, 0) is 19.5 Å². The lowest BCUT2D eigenvalue weighted by atomic mass is 9.96. The number of anilines is 1. The highest BCUT2D eigenvalue weighted by Gasteiger charge is 2.22. The van der Waals surface area contributed by atoms with E-state index in [-0.39, 0.29) is 10.9 Å². The third-order valence-electron chi connectivity index (χ3n) is 3.58. The number of nitrogens with two attached hydrogens (primary N) is 1. The molecule has 2 aromatic carbocycles. The molecule has 0 amide bonds. The standard InChI is InChI=1S/C14H14N2O2/c15-7-9-1-2-10-3-4-16(8-11(10)5-9)12-6-13(17)14(12)18/h1-2,5-6H,3-4,7-8,15H2. The van der Waals surface area contributed by atoms with Crippen LogP contribution in [0.25, 0.3) is 0 Å². The van der Waals surface area contributed by atoms with E-state index in [4.69, 9.17) is 5.73 Å². The van der Waals surface area contributed by atoms with Crippen LogP contribution < -0.4 is 21.5 Å². The van der Waals surface area contributed by atoms with Gasteiger partial charge in [-0.15, -0.1) is 0 Å². The molecule has 0 spiro atoms. The van der Waals surface area contributed by atoms with E-state index < -0.39 is 0 Å². The van der Waals surface area contributed by atoms with Crippen molar-refractivity contribution in [1.29, 1.82) is 0 Å². The predicted octanol–water partition coefficient (Wildman–Crippen LogP) is 0.304. The minimum Gasteiger partial charge on any atom is -0.363 e. The van der Waals surface area contributed by atoms with E-state index in [1.54, 1.807) is 0 Å². The first-order valence-electron chi connectivity index (χ1n) is 6.05. The lowest BCUT2D eigenvalue weighted by Crippen LogP contribution is -2.41. The molecule has 0 radical (unpaired) electrons. The molecule has 0 aliphatic carbocycles. The second-order valence-electron chi connectivity index (χ2n) is 4.70. The maximum absolute atomic E-state index is 11.4. The molecule has 2 N–H and O–H groups in total. The molecule has 4 nitrogen and oxygen atoms in total. The van der Waals surface area contributed by atoms with E-state index in [9.17, 15) is 9.59 Å². The molecule has 1 heterocycles. The monoisotopic (exact) mass is 242 g/mol. The lowest BCUT2D eigenvalue weighted by molar-refractivity contribution is 0.724. The molecule has 3 rings (SSSR count). The van der Waals surface area contributed by atoms with Gasteiger partial charge in [-0.1, -0.05) is 18.2 Å². The molecule has 1 aliphatic rings. The van der Waals surface area contributed by atoms with Crippen LogP contribution in [-0.4, -0.2) is 6.54 Å². The highest BCUT2D eigenvalue weighted by atomic mass is 16.2. The van der Waals surface area contributed by atoms with E-state index in [2.05, 4.69) is 12.1 Å². The van der Waals surface area contributed by atoms with Gasteiger partial charge in [0.15, 0.2) is 0 Å². The normalized spacial score (nSPS) is 14.8. The quantitative estimate of drug-likeness (QED) is 0.770. The van der Waals surface area contributed by atoms with Crippen molar-refractivity contribution < 1.29 is 0 Å². The van der Waals surface area contributed by atoms with Gasteiger partial charge in [0.25, 0.3) is 0 Å². The molecule has 2 aromatic rings. The van der Waals surface area contributed by atoms with Gasteiger partial charge in [-0.3, -0.25) is 9.59 Å². The van der Waals surface area contributed by atoms with Gasteiger partial charge in [-0.05, 0) is 23.1 Å². The van der Waals surface area contributed by atoms with Crippen molar-refractivity contribution in [2.75, 3.05) is 11.4 Å². The zero-order chi connectivity index (χ0) is 12.7. The number of nitrogens with zero attached hydrogens (tertiary/aromatic N) is 1. The Morgan fingerprint density at radius 3 is 2.67 bits per heavy atom. The van der Waals surface area contributed by atoms with Crippen LogP contribution in [0.5, 0.6) is 0 Å². The molecule has 0 aromatic heterocycles. The second-order valence-corrected chi connectivity index (χ2v) is 4.70. The summed E-state index contributed by atoms with van der Waals surface area (Å²) >= 11 is 0. The van der Waals surface area contributed by atoms with Crippen LogP contribution >= 0.6 is 0 Å². The summed E-state index contributed by atoms with van der Waals surface area (Å²) in [6, 6.07) is 7.68. The van der Waals surface area contributed by atoms with Crippen molar-refractivity contribution in [1.82, 2.24) is 0 Å². The van der Waals surface area contributed by atoms with Crippen molar-refractivity contribution in [3.8, 4) is 0 Å². The molecule has 0 fully saturated rings. The molecule has 1 aliphatic heterocycles. The molecule has 18 heavy (non-hydrogen) atoms. The molecule has 0 atom stereocenters. The largest absolute Gasteiger partial charge is 0.363 e. The molecule has 92 valence electrons. The maximum atomic E-state index is 11.4. The van der Waals surface area contributed by atoms with Crippen molar-refractivity contribution in [2.45, 2.75) is 19.5 Å². The first kappa shape index (κ1) is 11.2. The highest BCUT2D eigenvalue weighted by Crippen LogP contribution is 2.23. The van der Waals surface area contributed by atoms with Gasteiger partial charge in [0.05, 0.1) is 5.69 Å². The minimum absolute atomic E-state index is 0.353. The topological polar surface area (TPSA) is 63.4 Å². The fourth-order valence-electron chi connectivity index (χ4n) is 2.48. The van der Waals surface area contributed by atoms with E-state index >= 15 is 0 Å². The van der Waals surface area contributed by atoms with Gasteiger partial charge in [0, 0.05) is 25.7 Å². The summed E-state index contributed by atoms with van der Waals surface area (Å²) in [4.78, 5) is 24.4. The summed E-state index contributed by atoms with van der Waals surface area (Å²) in [6.07, 6.45) is 0.902. The Balaban J connectivity index is 1.91. The first-order chi connectivity index (χ1) is 8.69. The molecule has 4 heteroatoms. The van der Waals surface area contributed by atoms with Gasteiger partial charge < -0.3 is 10.6 Å². The van der Waals surface area contributed by atoms with Gasteiger partial charge in [-0.25, -0.2) is 0 Å². The fraction of sp³-hybridized carbons (Fsp3) is 0.286. The Bertz CT molecular complexity index is 669. The molecular formula is C14H14N2O2. The van der Waals surface area contributed by atoms with Gasteiger partial charge in [0.2, 0.25) is 10.9 Å². The minimum atomic E-state index is -0.383. The number of benzene rings is 1. The first-order valence-corrected chi connectivity index (χ1v) is 6.05. The fourth-order valence-corrected chi connectivity index (χ4v) is 2.48. The Kier molecular flexibility index (Phi) is 2.52. The summed E-state index contributed by atoms with van der Waals surface area (Å²) in [7, 11) is 0. The van der Waals surface area contributed by atoms with Crippen molar-refractivity contribution >= 4 is 5.69 Å². The zero-order valence-corrected chi connectivity index (χ0v) is 9.98. The van der Waals surface area contributed by atoms with Gasteiger partial charge in [-0.2, -0.15) is 0 Å². The lowest BCUT2D eigenvalue weighted by Gasteiger charge is -2.31. The van der Waals surface area contributed by atoms with Crippen molar-refractivity contribution in [3.63, 3.8) is 0 Å². The highest BCUT2D eigenvalue weighted by molar-refractivity contribution is 5.53. The SMILES string of the molecule is NCc1ccc2c(c1)CN(c1cc(=O)c1=O)CC2. The summed E-state index contributed by atoms with van der Waals surface area (Å²) in [5.74, 6) is 0. The summed E-state index contributed by atoms with van der Waals surface area (Å²) in [5.41, 5.74) is 9.07. The maximum Gasteiger partial charge on any atom is 0.249 e. The number of rotatable bonds is 2. The Labute approximate surface area is 104 Å². The molecule has 0 bridgehead atoms. The molecule has 0 saturated heterocycles. The molecular weight excluding hydrogens is 228 g/mol. The molecule has 0 saturated carbocycles. The third-order valence-corrected chi connectivity index (χ3v) is 3.58. The number of fused-ring (bicyclic) bond motifs is 1. The Morgan fingerprint density at radius 1 is 1.17 bits per heavy atom. The average Bonchev–Trinajstić information content (AvgIpc) is 2.43. The second kappa shape index (κ2) is 4.07. The smallest absolute Gasteiger partial charge is 0.249 e. The van der Waals surface area contributed by atoms with Crippen LogP contribution in [0.2, 0.25) is 0 Å². The summed E-state index contributed by atoms with van der Waals surface area (Å²) in [6.45, 7) is 2.00. The van der Waals surface area contributed by atoms with E-state index in [1.807, 2.05) is 11.0 Å². The van der Waals surface area contributed by atoms with E-state index in [0.717, 1.165) is 18.5 Å². The van der Waals surface area contributed by atoms with Crippen molar-refractivity contribution in [2.24, 2.45) is 5.73 Å². The number of hydrogen-bond donors (Lipinski definition) is 1. The van der Waals surface area contributed by atoms with Crippen LogP contribution in [0, 0.1) is 0 Å². The third kappa shape index (κ3) is 1.66. The zero-order valence-electron chi connectivity index (χ0n) is 9.98. The van der Waals surface area contributed by atoms with E-state index in [1.165, 1.54) is 17.2 Å². The van der Waals surface area contributed by atoms with Crippen LogP contribution in [0.3, 0.4) is 0 Å². The van der Waals surface area contributed by atoms with Crippen LogP contribution in [0.4, 0.5) is 5.69 Å². The number of hydrogen-bond acceptors (Lipinski definition) is 4. The van der Waals surface area contributed by atoms with E-state index in [0.29, 0.717) is 18.8 Å². The van der Waals surface area contributed by atoms with Crippen LogP contribution in [0.1, 0.15) is 16.7 Å². The van der Waals surface area contributed by atoms with Crippen LogP contribution in [0.15, 0.2) is 33.9 Å². The Morgan fingerprint density at radius 2 is 2.00 bits per heavy atom. The average molecular weight is 242 g/mol. The summed E-state index contributed by atoms with van der Waals surface area (Å²) < 4.78 is 0. The van der Waals surface area contributed by atoms with Gasteiger partial charge in [0.1, 0.15) is 0 Å². The Hall–Kier alpha value is -1.94. The molecule has 0 unspecified atom stereocenters. The van der Waals surface area contributed by atoms with Gasteiger partial charge >= 0.3 is 0 Å². The summed E-state index contributed by atoms with van der Waals surface area (Å²) in [5, 5.41) is 0. The van der Waals surface area contributed by atoms with Crippen molar-refractivity contribution in [3.05, 3.63) is 61.4 Å². The predicted molar refractivity (Wildman–Crippen MR) is 70.4 cm³/mol.